The molecule has 3 aromatic heterocycles. The SMILES string of the molecule is CCC(C)n1cc(C)c2c(C(=O)NCc3c(OC)nn(C)c3C)cc(-c3ccc(N4CCN(C(=O)OC(C)(C)C)CC4)nc3)cc21. The molecule has 11 heteroatoms. The molecule has 0 radical (unpaired) electrons. The Kier molecular flexibility index (Phi) is 9.32. The molecule has 1 aliphatic rings. The lowest BCUT2D eigenvalue weighted by molar-refractivity contribution is 0.0240. The van der Waals surface area contributed by atoms with Crippen molar-refractivity contribution in [3.63, 3.8) is 0 Å². The van der Waals surface area contributed by atoms with E-state index in [-0.39, 0.29) is 18.0 Å². The van der Waals surface area contributed by atoms with Crippen LogP contribution in [0.25, 0.3) is 22.0 Å². The minimum atomic E-state index is -0.518. The van der Waals surface area contributed by atoms with Crippen molar-refractivity contribution in [3.05, 3.63) is 59.0 Å². The fourth-order valence-electron chi connectivity index (χ4n) is 5.94. The van der Waals surface area contributed by atoms with E-state index in [4.69, 9.17) is 14.5 Å². The molecule has 1 atom stereocenters. The van der Waals surface area contributed by atoms with Gasteiger partial charge in [-0.15, -0.1) is 5.10 Å². The zero-order valence-electron chi connectivity index (χ0n) is 28.6. The maximum absolute atomic E-state index is 13.9. The van der Waals surface area contributed by atoms with Crippen LogP contribution >= 0.6 is 0 Å². The number of nitrogens with one attached hydrogen (secondary N) is 1. The number of rotatable bonds is 8. The summed E-state index contributed by atoms with van der Waals surface area (Å²) >= 11 is 0. The highest BCUT2D eigenvalue weighted by atomic mass is 16.6. The normalized spacial score (nSPS) is 14.5. The monoisotopic (exact) mass is 629 g/mol. The molecule has 1 aliphatic heterocycles. The quantitative estimate of drug-likeness (QED) is 0.254. The molecule has 0 saturated carbocycles. The van der Waals surface area contributed by atoms with Crippen molar-refractivity contribution in [2.75, 3.05) is 38.2 Å². The lowest BCUT2D eigenvalue weighted by Crippen LogP contribution is -2.50. The second kappa shape index (κ2) is 13.1. The van der Waals surface area contributed by atoms with Crippen molar-refractivity contribution in [2.24, 2.45) is 7.05 Å². The molecule has 0 spiro atoms. The van der Waals surface area contributed by atoms with Crippen molar-refractivity contribution in [3.8, 4) is 17.0 Å². The number of fused-ring (bicyclic) bond motifs is 1. The van der Waals surface area contributed by atoms with Gasteiger partial charge in [-0.05, 0) is 83.4 Å². The number of aromatic nitrogens is 4. The Morgan fingerprint density at radius 1 is 1.07 bits per heavy atom. The van der Waals surface area contributed by atoms with Gasteiger partial charge in [-0.2, -0.15) is 0 Å². The number of pyridine rings is 1. The summed E-state index contributed by atoms with van der Waals surface area (Å²) in [6.45, 7) is 16.8. The Bertz CT molecular complexity index is 1720. The fourth-order valence-corrected chi connectivity index (χ4v) is 5.94. The molecule has 1 unspecified atom stereocenters. The third-order valence-corrected chi connectivity index (χ3v) is 8.81. The topological polar surface area (TPSA) is 107 Å². The number of benzene rings is 1. The molecule has 1 saturated heterocycles. The van der Waals surface area contributed by atoms with Gasteiger partial charge in [0.2, 0.25) is 5.88 Å². The van der Waals surface area contributed by atoms with Crippen molar-refractivity contribution >= 4 is 28.7 Å². The number of hydrogen-bond donors (Lipinski definition) is 1. The van der Waals surface area contributed by atoms with Gasteiger partial charge in [0, 0.05) is 79.4 Å². The fraction of sp³-hybridized carbons (Fsp3) is 0.486. The molecule has 11 nitrogen and oxygen atoms in total. The molecule has 0 aliphatic carbocycles. The van der Waals surface area contributed by atoms with Gasteiger partial charge in [0.15, 0.2) is 0 Å². The number of methoxy groups -OCH3 is 1. The average Bonchev–Trinajstić information content (AvgIpc) is 3.52. The first-order chi connectivity index (χ1) is 21.8. The van der Waals surface area contributed by atoms with E-state index in [9.17, 15) is 9.59 Å². The number of aryl methyl sites for hydroxylation is 2. The molecule has 4 aromatic rings. The molecule has 1 fully saturated rings. The Morgan fingerprint density at radius 3 is 2.39 bits per heavy atom. The standard InChI is InChI=1S/C35H47N7O4/c1-10-23(3)42-21-22(2)31-27(32(43)37-20-28-24(4)39(8)38-33(28)45-9)17-26(18-29(31)42)25-11-12-30(36-19-25)40-13-15-41(16-14-40)34(44)46-35(5,6)7/h11-12,17-19,21,23H,10,13-16,20H2,1-9H3,(H,37,43). The highest BCUT2D eigenvalue weighted by molar-refractivity contribution is 6.09. The molecule has 5 rings (SSSR count). The lowest BCUT2D eigenvalue weighted by atomic mass is 9.98. The predicted octanol–water partition coefficient (Wildman–Crippen LogP) is 6.02. The van der Waals surface area contributed by atoms with Gasteiger partial charge < -0.3 is 29.2 Å². The van der Waals surface area contributed by atoms with Crippen molar-refractivity contribution in [1.29, 1.82) is 0 Å². The van der Waals surface area contributed by atoms with Crippen LogP contribution in [0.1, 0.15) is 74.3 Å². The lowest BCUT2D eigenvalue weighted by Gasteiger charge is -2.36. The van der Waals surface area contributed by atoms with E-state index >= 15 is 0 Å². The zero-order valence-corrected chi connectivity index (χ0v) is 28.6. The van der Waals surface area contributed by atoms with Crippen LogP contribution in [-0.4, -0.2) is 75.1 Å². The first kappa shape index (κ1) is 32.8. The molecule has 1 N–H and O–H groups in total. The number of piperazine rings is 1. The third kappa shape index (κ3) is 6.68. The predicted molar refractivity (Wildman–Crippen MR) is 181 cm³/mol. The van der Waals surface area contributed by atoms with Crippen LogP contribution in [-0.2, 0) is 18.3 Å². The molecule has 4 heterocycles. The molecule has 246 valence electrons. The maximum atomic E-state index is 13.9. The van der Waals surface area contributed by atoms with Crippen LogP contribution in [0.2, 0.25) is 0 Å². The van der Waals surface area contributed by atoms with Gasteiger partial charge in [0.1, 0.15) is 11.4 Å². The number of ether oxygens (including phenoxy) is 2. The van der Waals surface area contributed by atoms with E-state index in [1.54, 1.807) is 16.7 Å². The number of nitrogens with zero attached hydrogens (tertiary/aromatic N) is 6. The van der Waals surface area contributed by atoms with E-state index in [1.165, 1.54) is 0 Å². The van der Waals surface area contributed by atoms with Crippen LogP contribution in [0, 0.1) is 13.8 Å². The largest absolute Gasteiger partial charge is 0.480 e. The smallest absolute Gasteiger partial charge is 0.410 e. The summed E-state index contributed by atoms with van der Waals surface area (Å²) in [5, 5.41) is 8.48. The summed E-state index contributed by atoms with van der Waals surface area (Å²) in [7, 11) is 3.45. The Balaban J connectivity index is 1.42. The second-order valence-corrected chi connectivity index (χ2v) is 13.1. The maximum Gasteiger partial charge on any atom is 0.410 e. The Morgan fingerprint density at radius 2 is 1.78 bits per heavy atom. The number of carbonyl (C=O) groups is 2. The van der Waals surface area contributed by atoms with Gasteiger partial charge in [0.25, 0.3) is 5.91 Å². The van der Waals surface area contributed by atoms with Gasteiger partial charge >= 0.3 is 6.09 Å². The Labute approximate surface area is 271 Å². The molecule has 1 aromatic carbocycles. The minimum Gasteiger partial charge on any atom is -0.480 e. The van der Waals surface area contributed by atoms with Crippen LogP contribution in [0.5, 0.6) is 5.88 Å². The van der Waals surface area contributed by atoms with Crippen molar-refractivity contribution < 1.29 is 19.1 Å². The Hall–Kier alpha value is -4.54. The van der Waals surface area contributed by atoms with Gasteiger partial charge in [-0.25, -0.2) is 9.78 Å². The molecular weight excluding hydrogens is 582 g/mol. The van der Waals surface area contributed by atoms with E-state index in [0.717, 1.165) is 51.1 Å². The average molecular weight is 630 g/mol. The number of carbonyl (C=O) groups excluding carboxylic acids is 2. The number of hydrogen-bond acceptors (Lipinski definition) is 7. The van der Waals surface area contributed by atoms with Crippen LogP contribution in [0.15, 0.2) is 36.7 Å². The van der Waals surface area contributed by atoms with E-state index in [0.29, 0.717) is 44.2 Å². The van der Waals surface area contributed by atoms with E-state index in [2.05, 4.69) is 59.0 Å². The first-order valence-electron chi connectivity index (χ1n) is 16.0. The zero-order chi connectivity index (χ0) is 33.3. The molecule has 0 bridgehead atoms. The summed E-state index contributed by atoms with van der Waals surface area (Å²) in [6.07, 6.45) is 4.70. The summed E-state index contributed by atoms with van der Waals surface area (Å²) in [5.74, 6) is 1.21. The molecule has 2 amide bonds. The van der Waals surface area contributed by atoms with Gasteiger partial charge in [-0.1, -0.05) is 6.92 Å². The van der Waals surface area contributed by atoms with Gasteiger partial charge in [0.05, 0.1) is 19.2 Å². The molecular formula is C35H47N7O4. The van der Waals surface area contributed by atoms with Crippen LogP contribution in [0.4, 0.5) is 10.6 Å². The summed E-state index contributed by atoms with van der Waals surface area (Å²) in [5.41, 5.74) is 5.81. The van der Waals surface area contributed by atoms with Gasteiger partial charge in [-0.3, -0.25) is 9.48 Å². The van der Waals surface area contributed by atoms with Crippen molar-refractivity contribution in [1.82, 2.24) is 29.5 Å². The molecule has 46 heavy (non-hydrogen) atoms. The number of anilines is 1. The highest BCUT2D eigenvalue weighted by Gasteiger charge is 2.27. The number of amides is 2. The summed E-state index contributed by atoms with van der Waals surface area (Å²) in [4.78, 5) is 35.1. The first-order valence-corrected chi connectivity index (χ1v) is 16.0. The van der Waals surface area contributed by atoms with E-state index < -0.39 is 5.60 Å². The summed E-state index contributed by atoms with van der Waals surface area (Å²) in [6, 6.07) is 8.47. The summed E-state index contributed by atoms with van der Waals surface area (Å²) < 4.78 is 15.0. The van der Waals surface area contributed by atoms with Crippen LogP contribution in [0.3, 0.4) is 0 Å². The third-order valence-electron chi connectivity index (χ3n) is 8.81. The highest BCUT2D eigenvalue weighted by Crippen LogP contribution is 2.34. The minimum absolute atomic E-state index is 0.158. The second-order valence-electron chi connectivity index (χ2n) is 13.1. The van der Waals surface area contributed by atoms with Crippen LogP contribution < -0.4 is 15.0 Å². The van der Waals surface area contributed by atoms with E-state index in [1.807, 2.05) is 53.1 Å². The van der Waals surface area contributed by atoms with Crippen molar-refractivity contribution in [2.45, 2.75) is 73.1 Å².